The summed E-state index contributed by atoms with van der Waals surface area (Å²) in [6, 6.07) is 8.06. The van der Waals surface area contributed by atoms with Gasteiger partial charge >= 0.3 is 5.97 Å². The largest absolute Gasteiger partial charge is 0.456 e. The number of benzene rings is 1. The molecule has 4 fully saturated rings. The summed E-state index contributed by atoms with van der Waals surface area (Å²) in [6.07, 6.45) is 6.81. The minimum atomic E-state index is -2.51. The van der Waals surface area contributed by atoms with E-state index in [4.69, 9.17) is 28.4 Å². The van der Waals surface area contributed by atoms with Crippen LogP contribution in [-0.4, -0.2) is 163 Å². The van der Waals surface area contributed by atoms with E-state index in [1.165, 1.54) is 36.8 Å². The number of cyclic esters (lactones) is 1. The van der Waals surface area contributed by atoms with E-state index in [9.17, 15) is 34.5 Å². The van der Waals surface area contributed by atoms with Crippen molar-refractivity contribution in [2.24, 2.45) is 35.5 Å². The fraction of sp³-hybridized carbons (Fsp3) is 0.750. The number of piperidine rings is 1. The molecule has 1 aliphatic carbocycles. The summed E-state index contributed by atoms with van der Waals surface area (Å²) in [7, 11) is 4.61. The molecule has 15 nitrogen and oxygen atoms in total. The molecule has 5 aliphatic rings. The van der Waals surface area contributed by atoms with Gasteiger partial charge in [-0.3, -0.25) is 19.3 Å². The highest BCUT2D eigenvalue weighted by Gasteiger charge is 2.56. The Morgan fingerprint density at radius 1 is 0.861 bits per heavy atom. The first kappa shape index (κ1) is 66.2. The van der Waals surface area contributed by atoms with E-state index in [1.54, 1.807) is 27.0 Å². The molecular formula is C64H102N2O13. The van der Waals surface area contributed by atoms with Crippen LogP contribution in [0.3, 0.4) is 0 Å². The third kappa shape index (κ3) is 18.2. The van der Waals surface area contributed by atoms with E-state index in [0.717, 1.165) is 25.1 Å². The second kappa shape index (κ2) is 30.1. The number of carbonyl (C=O) groups excluding carboxylic acids is 4. The topological polar surface area (TPSA) is 191 Å². The smallest absolute Gasteiger partial charge is 0.329 e. The van der Waals surface area contributed by atoms with Crippen molar-refractivity contribution >= 4 is 23.4 Å². The molecule has 4 aliphatic heterocycles. The van der Waals surface area contributed by atoms with Crippen LogP contribution < -0.4 is 0 Å². The fourth-order valence-electron chi connectivity index (χ4n) is 12.9. The molecule has 0 spiro atoms. The van der Waals surface area contributed by atoms with Crippen LogP contribution in [0.1, 0.15) is 158 Å². The number of esters is 1. The van der Waals surface area contributed by atoms with E-state index in [-0.39, 0.29) is 54.9 Å². The molecule has 3 saturated heterocycles. The van der Waals surface area contributed by atoms with Gasteiger partial charge in [0.25, 0.3) is 11.7 Å². The van der Waals surface area contributed by atoms with E-state index >= 15 is 0 Å². The minimum Gasteiger partial charge on any atom is -0.456 e. The highest BCUT2D eigenvalue weighted by atomic mass is 16.7. The van der Waals surface area contributed by atoms with Crippen LogP contribution in [-0.2, 0) is 59.4 Å². The van der Waals surface area contributed by atoms with Gasteiger partial charge in [0.1, 0.15) is 24.0 Å². The highest BCUT2D eigenvalue weighted by Crippen LogP contribution is 2.40. The third-order valence-corrected chi connectivity index (χ3v) is 17.3. The van der Waals surface area contributed by atoms with E-state index in [0.29, 0.717) is 75.1 Å². The molecule has 4 heterocycles. The average molecular weight is 1110 g/mol. The molecule has 17 atom stereocenters. The number of morpholine rings is 1. The number of ether oxygens (including phenoxy) is 6. The number of Topliss-reactive ketones (excluding diaryl/α,β-unsaturated/α-hetero) is 2. The molecule has 79 heavy (non-hydrogen) atoms. The van der Waals surface area contributed by atoms with Crippen LogP contribution >= 0.6 is 0 Å². The lowest BCUT2D eigenvalue weighted by molar-refractivity contribution is -0.302. The minimum absolute atomic E-state index is 0.00988. The predicted molar refractivity (Wildman–Crippen MR) is 307 cm³/mol. The Labute approximate surface area is 474 Å². The second-order valence-electron chi connectivity index (χ2n) is 25.5. The summed E-state index contributed by atoms with van der Waals surface area (Å²) < 4.78 is 35.6. The number of allylic oxidation sites excluding steroid dienone is 4. The normalized spacial score (nSPS) is 36.6. The van der Waals surface area contributed by atoms with Crippen molar-refractivity contribution in [2.45, 2.75) is 225 Å². The Morgan fingerprint density at radius 3 is 2.10 bits per heavy atom. The van der Waals surface area contributed by atoms with Gasteiger partial charge in [0.05, 0.1) is 42.7 Å². The number of nitrogens with zero attached hydrogens (tertiary/aromatic N) is 2. The third-order valence-electron chi connectivity index (χ3n) is 17.3. The van der Waals surface area contributed by atoms with Crippen molar-refractivity contribution in [2.75, 3.05) is 47.5 Å². The number of hydrogen-bond donors (Lipinski definition) is 3. The van der Waals surface area contributed by atoms with Crippen molar-refractivity contribution < 1.29 is 62.9 Å². The zero-order chi connectivity index (χ0) is 58.5. The van der Waals surface area contributed by atoms with Gasteiger partial charge < -0.3 is 48.6 Å². The number of hydrogen-bond acceptors (Lipinski definition) is 14. The Kier molecular flexibility index (Phi) is 25.2. The molecule has 1 saturated carbocycles. The maximum atomic E-state index is 14.3. The van der Waals surface area contributed by atoms with Crippen molar-refractivity contribution in [1.29, 1.82) is 0 Å². The number of ketones is 2. The molecule has 2 bridgehead atoms. The summed E-state index contributed by atoms with van der Waals surface area (Å²) >= 11 is 0. The number of methoxy groups -OCH3 is 3. The first-order valence-corrected chi connectivity index (χ1v) is 29.6. The van der Waals surface area contributed by atoms with Gasteiger partial charge in [-0.1, -0.05) is 96.5 Å². The lowest BCUT2D eigenvalue weighted by Gasteiger charge is -2.47. The summed E-state index contributed by atoms with van der Waals surface area (Å²) in [4.78, 5) is 60.4. The van der Waals surface area contributed by atoms with Crippen LogP contribution in [0.2, 0.25) is 0 Å². The monoisotopic (exact) mass is 1110 g/mol. The zero-order valence-corrected chi connectivity index (χ0v) is 50.6. The van der Waals surface area contributed by atoms with E-state index < -0.39 is 83.9 Å². The molecule has 6 rings (SSSR count). The number of carbonyl (C=O) groups is 4. The van der Waals surface area contributed by atoms with E-state index in [1.807, 2.05) is 32.9 Å². The van der Waals surface area contributed by atoms with Gasteiger partial charge in [-0.05, 0) is 138 Å². The summed E-state index contributed by atoms with van der Waals surface area (Å²) in [5.74, 6) is -7.08. The first-order chi connectivity index (χ1) is 37.2. The highest BCUT2D eigenvalue weighted by molar-refractivity contribution is 6.39. The van der Waals surface area contributed by atoms with Crippen LogP contribution in [0.25, 0.3) is 0 Å². The number of amides is 1. The maximum Gasteiger partial charge on any atom is 0.329 e. The maximum absolute atomic E-state index is 14.3. The van der Waals surface area contributed by atoms with Crippen molar-refractivity contribution in [3.8, 4) is 0 Å². The number of fused-ring (bicyclic) bond motifs is 3. The van der Waals surface area contributed by atoms with Crippen molar-refractivity contribution in [3.63, 3.8) is 0 Å². The summed E-state index contributed by atoms with van der Waals surface area (Å²) in [5.41, 5.74) is 4.72. The predicted octanol–water partition coefficient (Wildman–Crippen LogP) is 8.91. The van der Waals surface area contributed by atoms with Crippen LogP contribution in [0.15, 0.2) is 60.2 Å². The fourth-order valence-corrected chi connectivity index (χ4v) is 12.9. The van der Waals surface area contributed by atoms with Gasteiger partial charge in [0, 0.05) is 71.7 Å². The Bertz CT molecular complexity index is 2200. The lowest BCUT2D eigenvalue weighted by atomic mass is 9.81. The molecule has 15 heteroatoms. The standard InChI is InChI=1S/C44H69NO12.C20H33NO/c1-10-13-31-19-25(2)18-26(3)20-37(54-8)40-38(55-9)22-28(5)44(52,57-40)41(49)42(50)45-17-12-11-14-32(45)43(51)56-39(29(6)34(47)24-35(31)48)27(4)21-30-15-16-33(46)36(23-30)53-7;1-15(12-21-13-16(2)22-17(3)14-21)11-18-7-9-19(10-8-18)20(4,5)6/h10,19,21,26,28-34,36-40,46-47,52H,1,11-18,20,22-24H2,2-9H3;7-10,15-17H,11-14H2,1-6H3/b25-19-,27-21+;/t26-,28+,29+,30-,31+,32-,33+,34-,36+,37-,38-,39+,40+,44+;/m0./s1. The first-order valence-electron chi connectivity index (χ1n) is 29.6. The number of aliphatic hydroxyl groups is 3. The molecule has 0 radical (unpaired) electrons. The van der Waals surface area contributed by atoms with Crippen LogP contribution in [0.4, 0.5) is 0 Å². The molecule has 1 amide bonds. The van der Waals surface area contributed by atoms with Crippen molar-refractivity contribution in [3.05, 3.63) is 71.3 Å². The molecule has 446 valence electrons. The molecule has 3 unspecified atom stereocenters. The van der Waals surface area contributed by atoms with Gasteiger partial charge in [0.2, 0.25) is 5.79 Å². The number of aliphatic hydroxyl groups excluding tert-OH is 2. The quantitative estimate of drug-likeness (QED) is 0.108. The molecule has 1 aromatic carbocycles. The molecule has 3 N–H and O–H groups in total. The Morgan fingerprint density at radius 2 is 1.49 bits per heavy atom. The van der Waals surface area contributed by atoms with Crippen molar-refractivity contribution in [1.82, 2.24) is 9.80 Å². The Hall–Kier alpha value is -3.64. The van der Waals surface area contributed by atoms with Gasteiger partial charge in [-0.25, -0.2) is 4.79 Å². The second-order valence-corrected chi connectivity index (χ2v) is 25.5. The average Bonchev–Trinajstić information content (AvgIpc) is 3.49. The molecule has 1 aromatic rings. The summed E-state index contributed by atoms with van der Waals surface area (Å²) in [5, 5.41) is 34.1. The van der Waals surface area contributed by atoms with Gasteiger partial charge in [-0.15, -0.1) is 6.58 Å². The lowest BCUT2D eigenvalue weighted by Crippen LogP contribution is -2.64. The summed E-state index contributed by atoms with van der Waals surface area (Å²) in [6.45, 7) is 30.0. The SMILES string of the molecule is C=CC[C@@H]1/C=C(/C)C[C@H](C)C[C@H](OC)[C@H]2O[C@@](O)(C(=O)C(=O)N3CCCC[C@H]3C(=O)O[C@H](/C(C)=C/[C@@H]3CC[C@@H](O)[C@H](OC)C3)[C@H](C)[C@@H](O)CC1=O)[C@H](C)C[C@@H]2OC.CC(Cc1ccc(C(C)(C)C)cc1)CN1CC(C)OC(C)C1. The molecular weight excluding hydrogens is 1000 g/mol. The Balaban J connectivity index is 0.000000433. The zero-order valence-electron chi connectivity index (χ0n) is 50.6. The van der Waals surface area contributed by atoms with Gasteiger partial charge in [-0.2, -0.15) is 0 Å². The molecule has 0 aromatic heterocycles. The number of rotatable bonds is 11. The van der Waals surface area contributed by atoms with Crippen LogP contribution in [0, 0.1) is 35.5 Å². The van der Waals surface area contributed by atoms with E-state index in [2.05, 4.69) is 77.3 Å². The van der Waals surface area contributed by atoms with Gasteiger partial charge in [0.15, 0.2) is 0 Å². The van der Waals surface area contributed by atoms with Crippen LogP contribution in [0.5, 0.6) is 0 Å².